The van der Waals surface area contributed by atoms with Crippen molar-refractivity contribution in [1.82, 2.24) is 10.6 Å². The molecule has 0 radical (unpaired) electrons. The third-order valence-corrected chi connectivity index (χ3v) is 6.33. The van der Waals surface area contributed by atoms with Gasteiger partial charge in [-0.05, 0) is 80.8 Å². The second-order valence-electron chi connectivity index (χ2n) is 8.12. The average molecular weight is 308 g/mol. The van der Waals surface area contributed by atoms with Crippen molar-refractivity contribution in [2.24, 2.45) is 29.1 Å². The van der Waals surface area contributed by atoms with Gasteiger partial charge in [0.2, 0.25) is 5.91 Å². The minimum Gasteiger partial charge on any atom is -0.359 e. The summed E-state index contributed by atoms with van der Waals surface area (Å²) in [4.78, 5) is 11.7. The van der Waals surface area contributed by atoms with E-state index in [4.69, 9.17) is 12.2 Å². The Bertz CT molecular complexity index is 411. The Kier molecular flexibility index (Phi) is 4.02. The molecule has 0 aliphatic heterocycles. The van der Waals surface area contributed by atoms with Crippen LogP contribution in [0.15, 0.2) is 0 Å². The fourth-order valence-corrected chi connectivity index (χ4v) is 5.63. The molecule has 21 heavy (non-hydrogen) atoms. The zero-order chi connectivity index (χ0) is 15.2. The van der Waals surface area contributed by atoms with Crippen molar-refractivity contribution < 1.29 is 4.79 Å². The molecule has 0 aromatic rings. The quantitative estimate of drug-likeness (QED) is 0.787. The molecule has 1 atom stereocenters. The molecule has 0 aromatic heterocycles. The van der Waals surface area contributed by atoms with Gasteiger partial charge in [0.15, 0.2) is 5.11 Å². The summed E-state index contributed by atoms with van der Waals surface area (Å²) in [6.45, 7) is 6.04. The largest absolute Gasteiger partial charge is 0.359 e. The van der Waals surface area contributed by atoms with Gasteiger partial charge in [0.25, 0.3) is 0 Å². The van der Waals surface area contributed by atoms with Crippen LogP contribution < -0.4 is 10.6 Å². The second kappa shape index (κ2) is 5.53. The van der Waals surface area contributed by atoms with Gasteiger partial charge in [0.05, 0.1) is 0 Å². The summed E-state index contributed by atoms with van der Waals surface area (Å²) >= 11 is 5.34. The molecule has 3 nitrogen and oxygen atoms in total. The first-order valence-corrected chi connectivity index (χ1v) is 8.90. The molecular weight excluding hydrogens is 280 g/mol. The van der Waals surface area contributed by atoms with Crippen LogP contribution in [0.3, 0.4) is 0 Å². The Morgan fingerprint density at radius 2 is 1.52 bits per heavy atom. The molecule has 2 N–H and O–H groups in total. The first kappa shape index (κ1) is 15.3. The van der Waals surface area contributed by atoms with Crippen molar-refractivity contribution in [2.75, 3.05) is 0 Å². The maximum atomic E-state index is 11.7. The van der Waals surface area contributed by atoms with Crippen LogP contribution in [-0.2, 0) is 4.79 Å². The van der Waals surface area contributed by atoms with Crippen LogP contribution in [0.25, 0.3) is 0 Å². The Morgan fingerprint density at radius 1 is 1.05 bits per heavy atom. The molecule has 0 unspecified atom stereocenters. The molecule has 4 fully saturated rings. The highest BCUT2D eigenvalue weighted by Gasteiger charge is 2.53. The third kappa shape index (κ3) is 2.96. The van der Waals surface area contributed by atoms with E-state index in [-0.39, 0.29) is 11.8 Å². The zero-order valence-electron chi connectivity index (χ0n) is 13.4. The molecule has 0 spiro atoms. The summed E-state index contributed by atoms with van der Waals surface area (Å²) in [7, 11) is 0. The van der Waals surface area contributed by atoms with Crippen molar-refractivity contribution in [1.29, 1.82) is 0 Å². The van der Waals surface area contributed by atoms with Crippen LogP contribution in [0, 0.1) is 29.1 Å². The number of hydrogen-bond donors (Lipinski definition) is 2. The fourth-order valence-electron chi connectivity index (χ4n) is 5.35. The molecule has 4 saturated carbocycles. The Hall–Kier alpha value is -0.640. The summed E-state index contributed by atoms with van der Waals surface area (Å²) < 4.78 is 0. The van der Waals surface area contributed by atoms with Gasteiger partial charge in [0, 0.05) is 12.0 Å². The van der Waals surface area contributed by atoms with E-state index >= 15 is 0 Å². The van der Waals surface area contributed by atoms with Crippen molar-refractivity contribution in [3.8, 4) is 0 Å². The SMILES string of the molecule is CC(C)C(=O)NC(=S)N[C@H](C)C12CC3CC(CC(C3)C1)C2. The number of thiocarbonyl (C=S) groups is 1. The predicted molar refractivity (Wildman–Crippen MR) is 88.8 cm³/mol. The minimum absolute atomic E-state index is 0.00483. The van der Waals surface area contributed by atoms with Gasteiger partial charge in [-0.25, -0.2) is 0 Å². The summed E-state index contributed by atoms with van der Waals surface area (Å²) in [5.74, 6) is 2.81. The Morgan fingerprint density at radius 3 is 1.95 bits per heavy atom. The summed E-state index contributed by atoms with van der Waals surface area (Å²) in [5, 5.41) is 6.76. The maximum absolute atomic E-state index is 11.7. The summed E-state index contributed by atoms with van der Waals surface area (Å²) in [6.07, 6.45) is 8.44. The first-order chi connectivity index (χ1) is 9.88. The van der Waals surface area contributed by atoms with Crippen molar-refractivity contribution >= 4 is 23.2 Å². The summed E-state index contributed by atoms with van der Waals surface area (Å²) in [5.41, 5.74) is 0.418. The van der Waals surface area contributed by atoms with Gasteiger partial charge in [-0.2, -0.15) is 0 Å². The number of nitrogens with one attached hydrogen (secondary N) is 2. The van der Waals surface area contributed by atoms with Gasteiger partial charge in [-0.1, -0.05) is 13.8 Å². The molecule has 0 aromatic carbocycles. The molecule has 1 amide bonds. The number of carbonyl (C=O) groups excluding carboxylic acids is 1. The Balaban J connectivity index is 1.61. The third-order valence-electron chi connectivity index (χ3n) is 6.11. The molecule has 118 valence electrons. The monoisotopic (exact) mass is 308 g/mol. The van der Waals surface area contributed by atoms with Crippen LogP contribution in [0.4, 0.5) is 0 Å². The van der Waals surface area contributed by atoms with E-state index in [0.29, 0.717) is 16.6 Å². The van der Waals surface area contributed by atoms with Gasteiger partial charge >= 0.3 is 0 Å². The summed E-state index contributed by atoms with van der Waals surface area (Å²) in [6, 6.07) is 0.367. The average Bonchev–Trinajstić information content (AvgIpc) is 2.36. The molecule has 4 bridgehead atoms. The van der Waals surface area contributed by atoms with Crippen molar-refractivity contribution in [2.45, 2.75) is 65.3 Å². The molecule has 4 heteroatoms. The minimum atomic E-state index is -0.0281. The van der Waals surface area contributed by atoms with Gasteiger partial charge in [0.1, 0.15) is 0 Å². The van der Waals surface area contributed by atoms with Crippen LogP contribution in [-0.4, -0.2) is 17.1 Å². The van der Waals surface area contributed by atoms with E-state index in [0.717, 1.165) is 17.8 Å². The van der Waals surface area contributed by atoms with E-state index in [2.05, 4.69) is 17.6 Å². The maximum Gasteiger partial charge on any atom is 0.228 e. The molecule has 4 aliphatic carbocycles. The molecule has 0 heterocycles. The van der Waals surface area contributed by atoms with Crippen molar-refractivity contribution in [3.05, 3.63) is 0 Å². The van der Waals surface area contributed by atoms with Crippen LogP contribution >= 0.6 is 12.2 Å². The number of rotatable bonds is 3. The smallest absolute Gasteiger partial charge is 0.228 e. The lowest BCUT2D eigenvalue weighted by atomic mass is 9.48. The Labute approximate surface area is 133 Å². The highest BCUT2D eigenvalue weighted by atomic mass is 32.1. The van der Waals surface area contributed by atoms with E-state index in [9.17, 15) is 4.79 Å². The lowest BCUT2D eigenvalue weighted by Gasteiger charge is -2.59. The number of carbonyl (C=O) groups is 1. The van der Waals surface area contributed by atoms with Gasteiger partial charge in [-0.15, -0.1) is 0 Å². The lowest BCUT2D eigenvalue weighted by molar-refractivity contribution is -0.122. The second-order valence-corrected chi connectivity index (χ2v) is 8.53. The highest BCUT2D eigenvalue weighted by Crippen LogP contribution is 2.61. The van der Waals surface area contributed by atoms with Crippen molar-refractivity contribution in [3.63, 3.8) is 0 Å². The number of hydrogen-bond acceptors (Lipinski definition) is 2. The fraction of sp³-hybridized carbons (Fsp3) is 0.882. The molecule has 0 saturated heterocycles. The van der Waals surface area contributed by atoms with E-state index < -0.39 is 0 Å². The molecule has 4 aliphatic rings. The van der Waals surface area contributed by atoms with E-state index in [1.54, 1.807) is 0 Å². The van der Waals surface area contributed by atoms with Gasteiger partial charge < -0.3 is 10.6 Å². The first-order valence-electron chi connectivity index (χ1n) is 8.49. The van der Waals surface area contributed by atoms with E-state index in [1.807, 2.05) is 13.8 Å². The topological polar surface area (TPSA) is 41.1 Å². The predicted octanol–water partition coefficient (Wildman–Crippen LogP) is 3.24. The standard InChI is InChI=1S/C17H28N2OS/c1-10(2)15(20)19-16(21)18-11(3)17-7-12-4-13(8-17)6-14(5-12)9-17/h10-14H,4-9H2,1-3H3,(H2,18,19,20,21)/t11-,12?,13?,14?,17?/m1/s1. The number of amides is 1. The molecular formula is C17H28N2OS. The van der Waals surface area contributed by atoms with Crippen LogP contribution in [0.1, 0.15) is 59.3 Å². The van der Waals surface area contributed by atoms with Gasteiger partial charge in [-0.3, -0.25) is 4.79 Å². The lowest BCUT2D eigenvalue weighted by Crippen LogP contribution is -2.57. The molecule has 4 rings (SSSR count). The van der Waals surface area contributed by atoms with Crippen LogP contribution in [0.5, 0.6) is 0 Å². The zero-order valence-corrected chi connectivity index (χ0v) is 14.3. The highest BCUT2D eigenvalue weighted by molar-refractivity contribution is 7.80. The van der Waals surface area contributed by atoms with Crippen LogP contribution in [0.2, 0.25) is 0 Å². The van der Waals surface area contributed by atoms with E-state index in [1.165, 1.54) is 38.5 Å². The normalized spacial score (nSPS) is 38.4.